The van der Waals surface area contributed by atoms with Gasteiger partial charge in [-0.1, -0.05) is 20.8 Å². The molecule has 0 bridgehead atoms. The smallest absolute Gasteiger partial charge is 0.493 e. The van der Waals surface area contributed by atoms with Crippen LogP contribution in [0.3, 0.4) is 0 Å². The van der Waals surface area contributed by atoms with Crippen LogP contribution in [0.25, 0.3) is 0 Å². The molecule has 2 atom stereocenters. The van der Waals surface area contributed by atoms with E-state index in [1.165, 1.54) is 7.05 Å². The molecule has 2 aromatic carbocycles. The van der Waals surface area contributed by atoms with Crippen LogP contribution in [0, 0.1) is 5.41 Å². The van der Waals surface area contributed by atoms with Crippen LogP contribution in [0.4, 0.5) is 10.5 Å². The number of quaternary nitrogens is 1. The number of hydrogen-bond donors (Lipinski definition) is 4. The number of nitrogens with one attached hydrogen (secondary N) is 2. The molecule has 2 heterocycles. The molecule has 0 spiro atoms. The molecule has 2 amide bonds. The third-order valence-electron chi connectivity index (χ3n) is 7.95. The van der Waals surface area contributed by atoms with Crippen molar-refractivity contribution in [3.63, 3.8) is 0 Å². The van der Waals surface area contributed by atoms with E-state index in [0.717, 1.165) is 5.56 Å². The number of carboxylic acids is 1. The zero-order chi connectivity index (χ0) is 30.3. The number of hydrogen-bond acceptors (Lipinski definition) is 6. The van der Waals surface area contributed by atoms with E-state index < -0.39 is 28.0 Å². The number of Topliss-reactive ketones (excluding diaryl/α,β-unsaturated/α-hetero) is 1. The summed E-state index contributed by atoms with van der Waals surface area (Å²) in [6.45, 7) is 8.21. The molecule has 1 saturated heterocycles. The molecule has 0 saturated carbocycles. The van der Waals surface area contributed by atoms with Crippen LogP contribution in [0.15, 0.2) is 30.3 Å². The lowest BCUT2D eigenvalue weighted by molar-refractivity contribution is -0.141. The minimum absolute atomic E-state index is 0.105. The van der Waals surface area contributed by atoms with Crippen LogP contribution < -0.4 is 14.5 Å². The fraction of sp³-hybridized carbons (Fsp3) is 0.433. The van der Waals surface area contributed by atoms with Gasteiger partial charge in [0.2, 0.25) is 6.04 Å². The number of amidine groups is 1. The molecule has 4 N–H and O–H groups in total. The molecule has 11 heteroatoms. The summed E-state index contributed by atoms with van der Waals surface area (Å²) in [5.74, 6) is -1.24. The van der Waals surface area contributed by atoms with Crippen LogP contribution in [0.1, 0.15) is 77.9 Å². The molecular weight excluding hydrogens is 528 g/mol. The molecule has 2 aliphatic heterocycles. The molecule has 4 rings (SSSR count). The third kappa shape index (κ3) is 5.17. The third-order valence-corrected chi connectivity index (χ3v) is 7.95. The van der Waals surface area contributed by atoms with Gasteiger partial charge in [-0.2, -0.15) is 9.28 Å². The quantitative estimate of drug-likeness (QED) is 0.276. The van der Waals surface area contributed by atoms with E-state index in [0.29, 0.717) is 46.7 Å². The Kier molecular flexibility index (Phi) is 7.95. The first-order valence-corrected chi connectivity index (χ1v) is 13.6. The Labute approximate surface area is 238 Å². The molecule has 11 nitrogen and oxygen atoms in total. The molecule has 0 aliphatic carbocycles. The number of ketones is 1. The van der Waals surface area contributed by atoms with Gasteiger partial charge in [-0.3, -0.25) is 15.0 Å². The van der Waals surface area contributed by atoms with E-state index in [9.17, 15) is 29.4 Å². The number of rotatable bonds is 8. The van der Waals surface area contributed by atoms with Crippen LogP contribution in [0.5, 0.6) is 5.75 Å². The first kappa shape index (κ1) is 29.7. The normalized spacial score (nSPS) is 20.1. The number of carbonyl (C=O) groups is 4. The molecule has 2 unspecified atom stereocenters. The van der Waals surface area contributed by atoms with Crippen molar-refractivity contribution < 1.29 is 34.1 Å². The van der Waals surface area contributed by atoms with Gasteiger partial charge in [0.15, 0.2) is 5.78 Å². The number of nitrogens with zero attached hydrogens (tertiary/aromatic N) is 2. The van der Waals surface area contributed by atoms with Crippen LogP contribution >= 0.6 is 0 Å². The molecule has 2 aromatic rings. The summed E-state index contributed by atoms with van der Waals surface area (Å²) in [6, 6.07) is 7.02. The highest BCUT2D eigenvalue weighted by atomic mass is 16.5. The number of aliphatic carboxylic acids is 1. The van der Waals surface area contributed by atoms with Gasteiger partial charge < -0.3 is 25.2 Å². The number of amides is 2. The molecule has 0 aromatic heterocycles. The van der Waals surface area contributed by atoms with Gasteiger partial charge in [0.05, 0.1) is 25.3 Å². The largest absolute Gasteiger partial charge is 0.519 e. The Morgan fingerprint density at radius 2 is 1.85 bits per heavy atom. The van der Waals surface area contributed by atoms with Crippen LogP contribution in [-0.2, 0) is 16.8 Å². The van der Waals surface area contributed by atoms with Crippen molar-refractivity contribution in [2.45, 2.75) is 58.5 Å². The zero-order valence-corrected chi connectivity index (χ0v) is 24.0. The summed E-state index contributed by atoms with van der Waals surface area (Å²) in [5.41, 5.74) is 2.36. The second-order valence-electron chi connectivity index (χ2n) is 11.5. The molecule has 218 valence electrons. The van der Waals surface area contributed by atoms with E-state index in [2.05, 4.69) is 5.32 Å². The fourth-order valence-corrected chi connectivity index (χ4v) is 5.92. The predicted molar refractivity (Wildman–Crippen MR) is 153 cm³/mol. The maximum atomic E-state index is 13.5. The maximum absolute atomic E-state index is 13.5. The second kappa shape index (κ2) is 11.0. The zero-order valence-electron chi connectivity index (χ0n) is 24.0. The van der Waals surface area contributed by atoms with E-state index in [-0.39, 0.29) is 43.6 Å². The van der Waals surface area contributed by atoms with Crippen molar-refractivity contribution in [3.05, 3.63) is 58.1 Å². The lowest BCUT2D eigenvalue weighted by Crippen LogP contribution is -2.60. The van der Waals surface area contributed by atoms with Gasteiger partial charge in [-0.25, -0.2) is 4.79 Å². The van der Waals surface area contributed by atoms with Crippen molar-refractivity contribution in [1.29, 1.82) is 5.41 Å². The van der Waals surface area contributed by atoms with Gasteiger partial charge in [0, 0.05) is 49.2 Å². The Morgan fingerprint density at radius 1 is 1.15 bits per heavy atom. The molecular formula is C30H37N4O7+. The first-order chi connectivity index (χ1) is 19.3. The Hall–Kier alpha value is -4.25. The van der Waals surface area contributed by atoms with Crippen molar-refractivity contribution in [2.75, 3.05) is 26.7 Å². The molecule has 1 fully saturated rings. The monoisotopic (exact) mass is 565 g/mol. The lowest BCUT2D eigenvalue weighted by atomic mass is 9.83. The fourth-order valence-electron chi connectivity index (χ4n) is 5.92. The predicted octanol–water partition coefficient (Wildman–Crippen LogP) is 4.00. The second-order valence-corrected chi connectivity index (χ2v) is 11.5. The van der Waals surface area contributed by atoms with Crippen molar-refractivity contribution in [3.8, 4) is 5.75 Å². The van der Waals surface area contributed by atoms with E-state index in [1.54, 1.807) is 35.2 Å². The summed E-state index contributed by atoms with van der Waals surface area (Å²) in [7, 11) is 1.52. The Morgan fingerprint density at radius 3 is 2.44 bits per heavy atom. The Balaban J connectivity index is 1.67. The number of carbonyl (C=O) groups excluding carboxylic acids is 2. The van der Waals surface area contributed by atoms with Gasteiger partial charge in [-0.15, -0.1) is 0 Å². The number of carboxylic acid groups (broad SMARTS) is 2. The number of fused-ring (bicyclic) bond motifs is 1. The van der Waals surface area contributed by atoms with Crippen LogP contribution in [-0.4, -0.2) is 77.5 Å². The topological polar surface area (TPSA) is 157 Å². The maximum Gasteiger partial charge on any atom is 0.519 e. The summed E-state index contributed by atoms with van der Waals surface area (Å²) >= 11 is 0. The first-order valence-electron chi connectivity index (χ1n) is 13.6. The minimum Gasteiger partial charge on any atom is -0.493 e. The summed E-state index contributed by atoms with van der Waals surface area (Å²) in [5, 5.41) is 31.5. The van der Waals surface area contributed by atoms with E-state index in [1.807, 2.05) is 27.7 Å². The minimum atomic E-state index is -1.23. The SMILES string of the molecule is CCOc1cc2c(cc1C(=O)NC)C(=N)N(CC(=O)c1ccc([N+]3(C(=O)O)CCCC3C(=O)O)c(C(C)(C)C)c1)C2. The highest BCUT2D eigenvalue weighted by Crippen LogP contribution is 2.42. The molecule has 0 radical (unpaired) electrons. The van der Waals surface area contributed by atoms with Crippen LogP contribution in [0.2, 0.25) is 0 Å². The van der Waals surface area contributed by atoms with Crippen molar-refractivity contribution in [1.82, 2.24) is 14.7 Å². The van der Waals surface area contributed by atoms with Gasteiger partial charge in [-0.05, 0) is 42.2 Å². The number of benzene rings is 2. The van der Waals surface area contributed by atoms with E-state index >= 15 is 0 Å². The van der Waals surface area contributed by atoms with Gasteiger partial charge in [0.1, 0.15) is 17.3 Å². The lowest BCUT2D eigenvalue weighted by Gasteiger charge is -2.36. The van der Waals surface area contributed by atoms with E-state index in [4.69, 9.17) is 10.1 Å². The Bertz CT molecular complexity index is 1450. The van der Waals surface area contributed by atoms with Gasteiger partial charge >= 0.3 is 12.1 Å². The average Bonchev–Trinajstić information content (AvgIpc) is 3.49. The summed E-state index contributed by atoms with van der Waals surface area (Å²) in [4.78, 5) is 52.3. The molecule has 41 heavy (non-hydrogen) atoms. The van der Waals surface area contributed by atoms with Crippen molar-refractivity contribution in [2.24, 2.45) is 0 Å². The number of likely N-dealkylation sites (tertiary alicyclic amines) is 1. The van der Waals surface area contributed by atoms with Crippen molar-refractivity contribution >= 4 is 35.3 Å². The summed E-state index contributed by atoms with van der Waals surface area (Å²) in [6.07, 6.45) is -0.529. The average molecular weight is 566 g/mol. The number of ether oxygens (including phenoxy) is 1. The van der Waals surface area contributed by atoms with Gasteiger partial charge in [0.25, 0.3) is 5.91 Å². The highest BCUT2D eigenvalue weighted by molar-refractivity contribution is 6.07. The summed E-state index contributed by atoms with van der Waals surface area (Å²) < 4.78 is 4.94. The standard InChI is InChI=1S/C30H36N4O7/c1-6-41-25-13-18-15-33(26(31)19(18)14-20(25)27(36)32-5)16-24(35)17-9-10-22(21(12-17)30(2,3)4)34(29(39)40)11-7-8-23(34)28(37)38/h9-10,12-14,23,31H,6-8,11,15-16H2,1-5H3,(H2-,32,36,37,38,39,40)/p+1. The highest BCUT2D eigenvalue weighted by Gasteiger charge is 2.56. The molecule has 2 aliphatic rings.